The third-order valence-electron chi connectivity index (χ3n) is 3.21. The van der Waals surface area contributed by atoms with Crippen LogP contribution in [0.3, 0.4) is 0 Å². The Bertz CT molecular complexity index is 388. The van der Waals surface area contributed by atoms with E-state index in [1.54, 1.807) is 7.11 Å². The van der Waals surface area contributed by atoms with Crippen LogP contribution < -0.4 is 5.32 Å². The van der Waals surface area contributed by atoms with Gasteiger partial charge in [0.25, 0.3) is 0 Å². The number of nitrogens with one attached hydrogen (secondary N) is 1. The van der Waals surface area contributed by atoms with Gasteiger partial charge in [-0.15, -0.1) is 0 Å². The summed E-state index contributed by atoms with van der Waals surface area (Å²) < 4.78 is 5.05. The smallest absolute Gasteiger partial charge is 0.321 e. The Hall–Kier alpha value is -1.39. The fourth-order valence-electron chi connectivity index (χ4n) is 2.35. The third-order valence-corrected chi connectivity index (χ3v) is 3.21. The van der Waals surface area contributed by atoms with Gasteiger partial charge in [-0.2, -0.15) is 0 Å². The normalized spacial score (nSPS) is 23.8. The molecule has 0 spiro atoms. The zero-order chi connectivity index (χ0) is 12.3. The van der Waals surface area contributed by atoms with Crippen molar-refractivity contribution >= 4 is 5.97 Å². The van der Waals surface area contributed by atoms with Crippen molar-refractivity contribution in [2.45, 2.75) is 25.0 Å². The molecule has 0 aliphatic carbocycles. The lowest BCUT2D eigenvalue weighted by atomic mass is 9.91. The first-order valence-electron chi connectivity index (χ1n) is 5.76. The number of rotatable bonds is 4. The van der Waals surface area contributed by atoms with Gasteiger partial charge in [-0.3, -0.25) is 4.79 Å². The number of ether oxygens (including phenoxy) is 1. The van der Waals surface area contributed by atoms with Crippen LogP contribution in [0.4, 0.5) is 0 Å². The van der Waals surface area contributed by atoms with Gasteiger partial charge in [0.1, 0.15) is 6.04 Å². The Morgan fingerprint density at radius 2 is 2.18 bits per heavy atom. The molecule has 4 heteroatoms. The van der Waals surface area contributed by atoms with Crippen LogP contribution >= 0.6 is 0 Å². The van der Waals surface area contributed by atoms with E-state index in [4.69, 9.17) is 9.84 Å². The summed E-state index contributed by atoms with van der Waals surface area (Å²) in [4.78, 5) is 11.1. The monoisotopic (exact) mass is 235 g/mol. The van der Waals surface area contributed by atoms with E-state index in [2.05, 4.69) is 5.32 Å². The van der Waals surface area contributed by atoms with E-state index < -0.39 is 12.0 Å². The molecule has 2 N–H and O–H groups in total. The molecule has 0 radical (unpaired) electrons. The van der Waals surface area contributed by atoms with Gasteiger partial charge in [0.05, 0.1) is 6.61 Å². The fourth-order valence-corrected chi connectivity index (χ4v) is 2.35. The van der Waals surface area contributed by atoms with Gasteiger partial charge in [0.15, 0.2) is 0 Å². The topological polar surface area (TPSA) is 58.6 Å². The summed E-state index contributed by atoms with van der Waals surface area (Å²) in [6.45, 7) is 1.35. The lowest BCUT2D eigenvalue weighted by molar-refractivity contribution is -0.139. The highest BCUT2D eigenvalue weighted by atomic mass is 16.5. The van der Waals surface area contributed by atoms with Gasteiger partial charge in [-0.25, -0.2) is 0 Å². The van der Waals surface area contributed by atoms with Crippen molar-refractivity contribution < 1.29 is 14.6 Å². The molecule has 1 aliphatic heterocycles. The number of benzene rings is 1. The summed E-state index contributed by atoms with van der Waals surface area (Å²) >= 11 is 0. The van der Waals surface area contributed by atoms with Crippen LogP contribution in [0, 0.1) is 0 Å². The Morgan fingerprint density at radius 3 is 2.76 bits per heavy atom. The number of carboxylic acids is 1. The molecular formula is C13H17NO3. The molecule has 1 saturated heterocycles. The second kappa shape index (κ2) is 5.29. The van der Waals surface area contributed by atoms with Gasteiger partial charge in [0.2, 0.25) is 0 Å². The highest BCUT2D eigenvalue weighted by Crippen LogP contribution is 2.28. The maximum absolute atomic E-state index is 11.1. The molecule has 0 unspecified atom stereocenters. The van der Waals surface area contributed by atoms with Crippen molar-refractivity contribution in [1.29, 1.82) is 0 Å². The van der Waals surface area contributed by atoms with E-state index in [9.17, 15) is 4.79 Å². The van der Waals surface area contributed by atoms with Crippen molar-refractivity contribution in [2.75, 3.05) is 13.7 Å². The largest absolute Gasteiger partial charge is 0.480 e. The molecule has 0 bridgehead atoms. The first-order chi connectivity index (χ1) is 8.22. The van der Waals surface area contributed by atoms with Gasteiger partial charge >= 0.3 is 5.97 Å². The zero-order valence-electron chi connectivity index (χ0n) is 9.85. The van der Waals surface area contributed by atoms with Crippen molar-refractivity contribution in [3.8, 4) is 0 Å². The molecule has 92 valence electrons. The van der Waals surface area contributed by atoms with Gasteiger partial charge in [0, 0.05) is 13.0 Å². The minimum atomic E-state index is -0.770. The number of hydrogen-bond acceptors (Lipinski definition) is 3. The van der Waals surface area contributed by atoms with Gasteiger partial charge in [-0.1, -0.05) is 24.3 Å². The Labute approximate surface area is 101 Å². The minimum Gasteiger partial charge on any atom is -0.480 e. The first-order valence-corrected chi connectivity index (χ1v) is 5.76. The summed E-state index contributed by atoms with van der Waals surface area (Å²) in [6.07, 6.45) is 0.876. The predicted molar refractivity (Wildman–Crippen MR) is 63.9 cm³/mol. The second-order valence-corrected chi connectivity index (χ2v) is 4.34. The molecule has 1 aromatic carbocycles. The lowest BCUT2D eigenvalue weighted by Gasteiger charge is -2.16. The summed E-state index contributed by atoms with van der Waals surface area (Å²) in [5, 5.41) is 12.1. The fraction of sp³-hybridized carbons (Fsp3) is 0.462. The highest BCUT2D eigenvalue weighted by Gasteiger charge is 2.33. The molecule has 2 atom stereocenters. The minimum absolute atomic E-state index is 0.0732. The molecule has 1 heterocycles. The number of aliphatic carboxylic acids is 1. The number of carboxylic acid groups (broad SMARTS) is 1. The quantitative estimate of drug-likeness (QED) is 0.827. The molecule has 0 aromatic heterocycles. The summed E-state index contributed by atoms with van der Waals surface area (Å²) in [5.74, 6) is -0.697. The van der Waals surface area contributed by atoms with E-state index in [0.29, 0.717) is 6.61 Å². The first kappa shape index (κ1) is 12.1. The molecule has 0 saturated carbocycles. The van der Waals surface area contributed by atoms with Crippen molar-refractivity contribution in [1.82, 2.24) is 5.32 Å². The van der Waals surface area contributed by atoms with E-state index >= 15 is 0 Å². The van der Waals surface area contributed by atoms with Crippen molar-refractivity contribution in [3.05, 3.63) is 35.4 Å². The van der Waals surface area contributed by atoms with Crippen molar-refractivity contribution in [2.24, 2.45) is 0 Å². The molecule has 1 aromatic rings. The van der Waals surface area contributed by atoms with Crippen LogP contribution in [0.1, 0.15) is 23.5 Å². The molecule has 17 heavy (non-hydrogen) atoms. The van der Waals surface area contributed by atoms with E-state index in [1.807, 2.05) is 24.3 Å². The summed E-state index contributed by atoms with van der Waals surface area (Å²) in [5.41, 5.74) is 2.19. The number of carbonyl (C=O) groups is 1. The summed E-state index contributed by atoms with van der Waals surface area (Å²) in [7, 11) is 1.66. The lowest BCUT2D eigenvalue weighted by Crippen LogP contribution is -2.34. The molecule has 1 fully saturated rings. The Morgan fingerprint density at radius 1 is 1.47 bits per heavy atom. The highest BCUT2D eigenvalue weighted by molar-refractivity contribution is 5.75. The Kier molecular flexibility index (Phi) is 3.76. The van der Waals surface area contributed by atoms with Crippen LogP contribution in [0.2, 0.25) is 0 Å². The average Bonchev–Trinajstić information content (AvgIpc) is 2.79. The van der Waals surface area contributed by atoms with Crippen LogP contribution in [0.5, 0.6) is 0 Å². The van der Waals surface area contributed by atoms with Crippen LogP contribution in [0.25, 0.3) is 0 Å². The maximum atomic E-state index is 11.1. The van der Waals surface area contributed by atoms with Crippen LogP contribution in [0.15, 0.2) is 24.3 Å². The Balaban J connectivity index is 2.13. The van der Waals surface area contributed by atoms with Gasteiger partial charge in [-0.05, 0) is 24.1 Å². The predicted octanol–water partition coefficient (Wildman–Crippen LogP) is 1.36. The van der Waals surface area contributed by atoms with Crippen LogP contribution in [-0.4, -0.2) is 30.8 Å². The molecular weight excluding hydrogens is 218 g/mol. The van der Waals surface area contributed by atoms with Crippen LogP contribution in [-0.2, 0) is 16.1 Å². The molecule has 0 amide bonds. The van der Waals surface area contributed by atoms with E-state index in [0.717, 1.165) is 24.1 Å². The average molecular weight is 235 g/mol. The standard InChI is InChI=1S/C13H17NO3/c1-17-8-9-2-4-10(5-3-9)11-6-7-14-12(11)13(15)16/h2-5,11-12,14H,6-8H2,1H3,(H,15,16)/t11-,12+/m0/s1. The number of hydrogen-bond donors (Lipinski definition) is 2. The third kappa shape index (κ3) is 2.65. The second-order valence-electron chi connectivity index (χ2n) is 4.34. The number of methoxy groups -OCH3 is 1. The molecule has 4 nitrogen and oxygen atoms in total. The van der Waals surface area contributed by atoms with Crippen molar-refractivity contribution in [3.63, 3.8) is 0 Å². The SMILES string of the molecule is COCc1ccc([C@@H]2CCN[C@H]2C(=O)O)cc1. The van der Waals surface area contributed by atoms with E-state index in [1.165, 1.54) is 0 Å². The van der Waals surface area contributed by atoms with E-state index in [-0.39, 0.29) is 5.92 Å². The maximum Gasteiger partial charge on any atom is 0.321 e. The molecule has 2 rings (SSSR count). The van der Waals surface area contributed by atoms with Gasteiger partial charge < -0.3 is 15.2 Å². The zero-order valence-corrected chi connectivity index (χ0v) is 9.85. The summed E-state index contributed by atoms with van der Waals surface area (Å²) in [6, 6.07) is 7.54. The molecule has 1 aliphatic rings.